The SMILES string of the molecule is O=C(c1cccnc1)N1CC(O)CC2(CCN(Cc3ccc4cc[nH]c4c3)CC2)C1. The first kappa shape index (κ1) is 19.3. The molecule has 30 heavy (non-hydrogen) atoms. The Hall–Kier alpha value is -2.70. The predicted molar refractivity (Wildman–Crippen MR) is 116 cm³/mol. The number of β-amino-alcohol motifs (C(OH)–C–C–N with tert-alkyl or cyclic N) is 1. The zero-order valence-electron chi connectivity index (χ0n) is 17.1. The number of fused-ring (bicyclic) bond motifs is 1. The molecule has 2 aromatic heterocycles. The quantitative estimate of drug-likeness (QED) is 0.704. The van der Waals surface area contributed by atoms with Crippen LogP contribution in [-0.4, -0.2) is 63.1 Å². The van der Waals surface area contributed by atoms with Crippen LogP contribution in [0.3, 0.4) is 0 Å². The topological polar surface area (TPSA) is 72.5 Å². The van der Waals surface area contributed by atoms with Crippen molar-refractivity contribution in [2.45, 2.75) is 31.9 Å². The summed E-state index contributed by atoms with van der Waals surface area (Å²) in [5.74, 6) is -0.0251. The minimum absolute atomic E-state index is 0.00937. The number of nitrogens with one attached hydrogen (secondary N) is 1. The molecule has 2 N–H and O–H groups in total. The van der Waals surface area contributed by atoms with Gasteiger partial charge < -0.3 is 15.0 Å². The van der Waals surface area contributed by atoms with E-state index in [1.54, 1.807) is 24.5 Å². The summed E-state index contributed by atoms with van der Waals surface area (Å²) in [6, 6.07) is 12.3. The summed E-state index contributed by atoms with van der Waals surface area (Å²) in [5, 5.41) is 11.8. The lowest BCUT2D eigenvalue weighted by Gasteiger charge is -2.49. The third-order valence-electron chi connectivity index (χ3n) is 6.76. The van der Waals surface area contributed by atoms with Crippen LogP contribution in [0, 0.1) is 5.41 Å². The molecule has 6 nitrogen and oxygen atoms in total. The van der Waals surface area contributed by atoms with E-state index in [2.05, 4.69) is 39.1 Å². The third kappa shape index (κ3) is 3.85. The molecule has 0 aliphatic carbocycles. The van der Waals surface area contributed by atoms with Gasteiger partial charge in [0.25, 0.3) is 5.91 Å². The van der Waals surface area contributed by atoms with E-state index in [4.69, 9.17) is 0 Å². The number of benzene rings is 1. The molecule has 5 rings (SSSR count). The molecule has 6 heteroatoms. The number of H-pyrrole nitrogens is 1. The molecule has 0 radical (unpaired) electrons. The summed E-state index contributed by atoms with van der Waals surface area (Å²) >= 11 is 0. The molecule has 1 spiro atoms. The lowest BCUT2D eigenvalue weighted by molar-refractivity contribution is -0.0337. The highest BCUT2D eigenvalue weighted by Crippen LogP contribution is 2.40. The van der Waals surface area contributed by atoms with Gasteiger partial charge in [0.15, 0.2) is 0 Å². The fourth-order valence-electron chi connectivity index (χ4n) is 5.18. The molecule has 156 valence electrons. The number of pyridine rings is 1. The van der Waals surface area contributed by atoms with E-state index in [9.17, 15) is 9.90 Å². The van der Waals surface area contributed by atoms with Gasteiger partial charge >= 0.3 is 0 Å². The zero-order valence-corrected chi connectivity index (χ0v) is 17.1. The highest BCUT2D eigenvalue weighted by molar-refractivity contribution is 5.94. The number of hydrogen-bond acceptors (Lipinski definition) is 4. The Balaban J connectivity index is 1.24. The first-order chi connectivity index (χ1) is 14.6. The number of carbonyl (C=O) groups is 1. The van der Waals surface area contributed by atoms with E-state index in [1.165, 1.54) is 16.5 Å². The van der Waals surface area contributed by atoms with Crippen LogP contribution in [0.2, 0.25) is 0 Å². The average molecular weight is 405 g/mol. The lowest BCUT2D eigenvalue weighted by atomic mass is 9.71. The minimum atomic E-state index is -0.457. The average Bonchev–Trinajstić information content (AvgIpc) is 3.23. The highest BCUT2D eigenvalue weighted by atomic mass is 16.3. The van der Waals surface area contributed by atoms with Crippen LogP contribution in [0.1, 0.15) is 35.2 Å². The Bertz CT molecular complexity index is 1020. The van der Waals surface area contributed by atoms with E-state index in [1.807, 2.05) is 11.1 Å². The fourth-order valence-corrected chi connectivity index (χ4v) is 5.18. The lowest BCUT2D eigenvalue weighted by Crippen LogP contribution is -2.55. The monoisotopic (exact) mass is 404 g/mol. The van der Waals surface area contributed by atoms with Gasteiger partial charge in [0.05, 0.1) is 11.7 Å². The summed E-state index contributed by atoms with van der Waals surface area (Å²) in [6.07, 6.45) is 7.60. The van der Waals surface area contributed by atoms with Crippen LogP contribution < -0.4 is 0 Å². The van der Waals surface area contributed by atoms with Crippen molar-refractivity contribution in [2.75, 3.05) is 26.2 Å². The Morgan fingerprint density at radius 1 is 1.23 bits per heavy atom. The predicted octanol–water partition coefficient (Wildman–Crippen LogP) is 3.05. The van der Waals surface area contributed by atoms with Crippen LogP contribution in [0.15, 0.2) is 55.0 Å². The number of aliphatic hydroxyl groups is 1. The van der Waals surface area contributed by atoms with Gasteiger partial charge in [0.1, 0.15) is 0 Å². The third-order valence-corrected chi connectivity index (χ3v) is 6.76. The maximum absolute atomic E-state index is 12.9. The van der Waals surface area contributed by atoms with Gasteiger partial charge in [-0.1, -0.05) is 12.1 Å². The standard InChI is InChI=1S/C24H28N4O2/c29-21-13-24(17-28(16-21)23(30)20-2-1-8-25-14-20)6-10-27(11-7-24)15-18-3-4-19-5-9-26-22(19)12-18/h1-5,8-9,12,14,21,26,29H,6-7,10-11,13,15-17H2. The van der Waals surface area contributed by atoms with Crippen LogP contribution in [0.5, 0.6) is 0 Å². The molecule has 2 fully saturated rings. The molecular weight excluding hydrogens is 376 g/mol. The Labute approximate surface area is 176 Å². The van der Waals surface area contributed by atoms with E-state index in [-0.39, 0.29) is 11.3 Å². The number of aromatic amines is 1. The van der Waals surface area contributed by atoms with Crippen molar-refractivity contribution >= 4 is 16.8 Å². The second kappa shape index (κ2) is 7.85. The molecule has 4 heterocycles. The number of nitrogens with zero attached hydrogens (tertiary/aromatic N) is 3. The van der Waals surface area contributed by atoms with Gasteiger partial charge in [-0.05, 0) is 73.0 Å². The van der Waals surface area contributed by atoms with Crippen molar-refractivity contribution in [3.05, 3.63) is 66.1 Å². The first-order valence-corrected chi connectivity index (χ1v) is 10.8. The van der Waals surface area contributed by atoms with Crippen molar-refractivity contribution in [1.82, 2.24) is 19.8 Å². The van der Waals surface area contributed by atoms with Gasteiger partial charge in [-0.15, -0.1) is 0 Å². The summed E-state index contributed by atoms with van der Waals surface area (Å²) in [7, 11) is 0. The maximum atomic E-state index is 12.9. The van der Waals surface area contributed by atoms with Gasteiger partial charge in [0.2, 0.25) is 0 Å². The minimum Gasteiger partial charge on any atom is -0.391 e. The number of hydrogen-bond donors (Lipinski definition) is 2. The first-order valence-electron chi connectivity index (χ1n) is 10.8. The van der Waals surface area contributed by atoms with Crippen molar-refractivity contribution < 1.29 is 9.90 Å². The molecule has 1 atom stereocenters. The molecule has 0 saturated carbocycles. The van der Waals surface area contributed by atoms with Crippen LogP contribution in [-0.2, 0) is 6.54 Å². The van der Waals surface area contributed by atoms with E-state index < -0.39 is 6.10 Å². The molecular formula is C24H28N4O2. The number of piperidine rings is 2. The van der Waals surface area contributed by atoms with Crippen LogP contribution in [0.4, 0.5) is 0 Å². The molecule has 3 aromatic rings. The van der Waals surface area contributed by atoms with Crippen LogP contribution >= 0.6 is 0 Å². The summed E-state index contributed by atoms with van der Waals surface area (Å²) in [6.45, 7) is 4.05. The number of carbonyl (C=O) groups excluding carboxylic acids is 1. The van der Waals surface area contributed by atoms with Gasteiger partial charge in [-0.2, -0.15) is 0 Å². The summed E-state index contributed by atoms with van der Waals surface area (Å²) in [5.41, 5.74) is 3.10. The molecule has 2 aliphatic rings. The molecule has 2 saturated heterocycles. The van der Waals surface area contributed by atoms with Gasteiger partial charge in [-0.3, -0.25) is 14.7 Å². The summed E-state index contributed by atoms with van der Waals surface area (Å²) < 4.78 is 0. The van der Waals surface area contributed by atoms with E-state index >= 15 is 0 Å². The number of rotatable bonds is 3. The second-order valence-electron chi connectivity index (χ2n) is 8.96. The Morgan fingerprint density at radius 3 is 2.90 bits per heavy atom. The molecule has 0 bridgehead atoms. The second-order valence-corrected chi connectivity index (χ2v) is 8.96. The number of aromatic nitrogens is 2. The smallest absolute Gasteiger partial charge is 0.255 e. The Morgan fingerprint density at radius 2 is 2.10 bits per heavy atom. The normalized spacial score (nSPS) is 21.9. The molecule has 1 unspecified atom stereocenters. The Kier molecular flexibility index (Phi) is 5.05. The van der Waals surface area contributed by atoms with E-state index in [0.29, 0.717) is 12.1 Å². The zero-order chi connectivity index (χ0) is 20.6. The van der Waals surface area contributed by atoms with Crippen LogP contribution in [0.25, 0.3) is 10.9 Å². The number of aliphatic hydroxyl groups excluding tert-OH is 1. The number of amides is 1. The van der Waals surface area contributed by atoms with Crippen molar-refractivity contribution in [3.63, 3.8) is 0 Å². The molecule has 1 aromatic carbocycles. The molecule has 1 amide bonds. The van der Waals surface area contributed by atoms with Gasteiger partial charge in [-0.25, -0.2) is 0 Å². The van der Waals surface area contributed by atoms with Gasteiger partial charge in [0, 0.05) is 43.7 Å². The fraction of sp³-hybridized carbons (Fsp3) is 0.417. The maximum Gasteiger partial charge on any atom is 0.255 e. The van der Waals surface area contributed by atoms with Crippen molar-refractivity contribution in [1.29, 1.82) is 0 Å². The molecule has 2 aliphatic heterocycles. The van der Waals surface area contributed by atoms with Crippen molar-refractivity contribution in [2.24, 2.45) is 5.41 Å². The van der Waals surface area contributed by atoms with Crippen molar-refractivity contribution in [3.8, 4) is 0 Å². The largest absolute Gasteiger partial charge is 0.391 e. The highest BCUT2D eigenvalue weighted by Gasteiger charge is 2.42. The summed E-state index contributed by atoms with van der Waals surface area (Å²) in [4.78, 5) is 24.6. The van der Waals surface area contributed by atoms with E-state index in [0.717, 1.165) is 45.4 Å². The number of likely N-dealkylation sites (tertiary alicyclic amines) is 2.